The molecule has 0 amide bonds. The van der Waals surface area contributed by atoms with Crippen LogP contribution in [0, 0.1) is 0 Å². The van der Waals surface area contributed by atoms with Crippen molar-refractivity contribution in [2.24, 2.45) is 0 Å². The van der Waals surface area contributed by atoms with Crippen LogP contribution in [0.1, 0.15) is 0 Å². The number of aromatic nitrogens is 1. The van der Waals surface area contributed by atoms with Crippen molar-refractivity contribution in [1.82, 2.24) is 4.40 Å². The molecule has 0 aliphatic carbocycles. The zero-order valence-corrected chi connectivity index (χ0v) is 21.2. The molecule has 184 valence electrons. The number of benzene rings is 6. The largest absolute Gasteiger partial charge is 0.438 e. The first-order valence-corrected chi connectivity index (χ1v) is 13.2. The molecule has 0 bridgehead atoms. The van der Waals surface area contributed by atoms with Gasteiger partial charge < -0.3 is 9.32 Å². The minimum Gasteiger partial charge on any atom is -0.438 e. The minimum atomic E-state index is 0.874. The van der Waals surface area contributed by atoms with E-state index >= 15 is 0 Å². The van der Waals surface area contributed by atoms with Gasteiger partial charge >= 0.3 is 0 Å². The standard InChI is InChI=1S/C36H24N2O/c1-2-13-27(14-3-1)37(31-19-10-12-25-11-4-5-15-29(25)31)28-23-21-26(22-24-28)35-30-16-6-7-17-32(30)38-33-18-8-9-20-34(33)39-36(35)38/h1-24H. The van der Waals surface area contributed by atoms with Crippen LogP contribution in [-0.2, 0) is 0 Å². The van der Waals surface area contributed by atoms with Crippen molar-refractivity contribution in [2.75, 3.05) is 4.90 Å². The van der Waals surface area contributed by atoms with Gasteiger partial charge in [0.05, 0.1) is 22.3 Å². The first-order chi connectivity index (χ1) is 19.4. The fourth-order valence-electron chi connectivity index (χ4n) is 5.85. The summed E-state index contributed by atoms with van der Waals surface area (Å²) < 4.78 is 8.68. The van der Waals surface area contributed by atoms with Crippen LogP contribution < -0.4 is 4.90 Å². The quantitative estimate of drug-likeness (QED) is 0.240. The molecule has 3 heteroatoms. The third kappa shape index (κ3) is 3.37. The zero-order chi connectivity index (χ0) is 25.8. The van der Waals surface area contributed by atoms with Crippen LogP contribution in [0.5, 0.6) is 0 Å². The van der Waals surface area contributed by atoms with Crippen molar-refractivity contribution in [3.8, 4) is 11.1 Å². The molecular formula is C36H24N2O. The lowest BCUT2D eigenvalue weighted by atomic mass is 10.0. The molecule has 0 N–H and O–H groups in total. The van der Waals surface area contributed by atoms with E-state index in [1.165, 1.54) is 16.2 Å². The van der Waals surface area contributed by atoms with Crippen molar-refractivity contribution < 1.29 is 4.42 Å². The molecule has 0 saturated carbocycles. The number of anilines is 3. The molecule has 2 aromatic heterocycles. The third-order valence-electron chi connectivity index (χ3n) is 7.58. The lowest BCUT2D eigenvalue weighted by molar-refractivity contribution is 0.658. The highest BCUT2D eigenvalue weighted by Crippen LogP contribution is 2.42. The smallest absolute Gasteiger partial charge is 0.213 e. The second-order valence-electron chi connectivity index (χ2n) is 9.82. The van der Waals surface area contributed by atoms with Crippen LogP contribution in [0.4, 0.5) is 17.1 Å². The number of hydrogen-bond acceptors (Lipinski definition) is 2. The van der Waals surface area contributed by atoms with Crippen LogP contribution in [0.3, 0.4) is 0 Å². The second kappa shape index (κ2) is 8.64. The predicted molar refractivity (Wildman–Crippen MR) is 162 cm³/mol. The Morgan fingerprint density at radius 1 is 0.487 bits per heavy atom. The summed E-state index contributed by atoms with van der Waals surface area (Å²) >= 11 is 0. The topological polar surface area (TPSA) is 20.8 Å². The van der Waals surface area contributed by atoms with Gasteiger partial charge in [-0.2, -0.15) is 0 Å². The lowest BCUT2D eigenvalue weighted by Crippen LogP contribution is -2.10. The fourth-order valence-corrected chi connectivity index (χ4v) is 5.85. The summed E-state index contributed by atoms with van der Waals surface area (Å²) in [4.78, 5) is 2.33. The molecule has 39 heavy (non-hydrogen) atoms. The van der Waals surface area contributed by atoms with Crippen LogP contribution in [0.15, 0.2) is 150 Å². The number of hydrogen-bond donors (Lipinski definition) is 0. The van der Waals surface area contributed by atoms with Crippen LogP contribution in [-0.4, -0.2) is 4.40 Å². The van der Waals surface area contributed by atoms with Gasteiger partial charge in [-0.15, -0.1) is 0 Å². The molecule has 0 radical (unpaired) electrons. The molecule has 6 aromatic carbocycles. The lowest BCUT2D eigenvalue weighted by Gasteiger charge is -2.27. The zero-order valence-electron chi connectivity index (χ0n) is 21.2. The second-order valence-corrected chi connectivity index (χ2v) is 9.82. The van der Waals surface area contributed by atoms with Crippen LogP contribution in [0.2, 0.25) is 0 Å². The van der Waals surface area contributed by atoms with Gasteiger partial charge in [0.25, 0.3) is 0 Å². The Morgan fingerprint density at radius 2 is 1.13 bits per heavy atom. The van der Waals surface area contributed by atoms with E-state index in [0.29, 0.717) is 0 Å². The van der Waals surface area contributed by atoms with E-state index in [0.717, 1.165) is 50.5 Å². The van der Waals surface area contributed by atoms with Crippen LogP contribution in [0.25, 0.3) is 49.6 Å². The average molecular weight is 501 g/mol. The molecule has 2 heterocycles. The van der Waals surface area contributed by atoms with E-state index < -0.39 is 0 Å². The first-order valence-electron chi connectivity index (χ1n) is 13.2. The number of para-hydroxylation sites is 4. The molecule has 0 unspecified atom stereocenters. The van der Waals surface area contributed by atoms with Gasteiger partial charge in [0, 0.05) is 22.1 Å². The Bertz CT molecular complexity index is 2110. The summed E-state index contributed by atoms with van der Waals surface area (Å²) in [6, 6.07) is 51.2. The SMILES string of the molecule is c1ccc(N(c2ccc(-c3c4ccccc4n4c3oc3ccccc34)cc2)c2cccc3ccccc23)cc1. The van der Waals surface area contributed by atoms with E-state index in [2.05, 4.69) is 143 Å². The Hall–Kier alpha value is -5.28. The summed E-state index contributed by atoms with van der Waals surface area (Å²) in [6.45, 7) is 0. The van der Waals surface area contributed by atoms with Gasteiger partial charge in [0.15, 0.2) is 5.58 Å². The van der Waals surface area contributed by atoms with Gasteiger partial charge in [-0.05, 0) is 59.5 Å². The molecule has 0 atom stereocenters. The van der Waals surface area contributed by atoms with Gasteiger partial charge in [0.2, 0.25) is 5.71 Å². The Balaban J connectivity index is 1.33. The van der Waals surface area contributed by atoms with Crippen LogP contribution >= 0.6 is 0 Å². The highest BCUT2D eigenvalue weighted by molar-refractivity contribution is 6.07. The van der Waals surface area contributed by atoms with Crippen molar-refractivity contribution in [2.45, 2.75) is 0 Å². The van der Waals surface area contributed by atoms with Crippen molar-refractivity contribution in [3.63, 3.8) is 0 Å². The van der Waals surface area contributed by atoms with Gasteiger partial charge in [-0.3, -0.25) is 4.40 Å². The van der Waals surface area contributed by atoms with Crippen molar-refractivity contribution in [1.29, 1.82) is 0 Å². The third-order valence-corrected chi connectivity index (χ3v) is 7.58. The molecule has 0 aliphatic rings. The maximum atomic E-state index is 6.44. The first kappa shape index (κ1) is 21.8. The average Bonchev–Trinajstić information content (AvgIpc) is 3.53. The Kier molecular flexibility index (Phi) is 4.82. The van der Waals surface area contributed by atoms with E-state index in [4.69, 9.17) is 4.42 Å². The summed E-state index contributed by atoms with van der Waals surface area (Å²) in [5.41, 5.74) is 9.62. The molecule has 0 spiro atoms. The van der Waals surface area contributed by atoms with E-state index in [1.54, 1.807) is 0 Å². The molecule has 0 fully saturated rings. The van der Waals surface area contributed by atoms with E-state index in [1.807, 2.05) is 12.1 Å². The maximum absolute atomic E-state index is 6.44. The molecule has 8 rings (SSSR count). The number of oxazole rings is 1. The summed E-state index contributed by atoms with van der Waals surface area (Å²) in [5.74, 6) is 0. The highest BCUT2D eigenvalue weighted by Gasteiger charge is 2.20. The molecular weight excluding hydrogens is 476 g/mol. The fraction of sp³-hybridized carbons (Fsp3) is 0. The van der Waals surface area contributed by atoms with E-state index in [9.17, 15) is 0 Å². The predicted octanol–water partition coefficient (Wildman–Crippen LogP) is 10.1. The van der Waals surface area contributed by atoms with Crippen molar-refractivity contribution in [3.05, 3.63) is 146 Å². The van der Waals surface area contributed by atoms with Gasteiger partial charge in [0.1, 0.15) is 0 Å². The normalized spacial score (nSPS) is 11.6. The number of rotatable bonds is 4. The van der Waals surface area contributed by atoms with Gasteiger partial charge in [-0.25, -0.2) is 0 Å². The number of fused-ring (bicyclic) bond motifs is 6. The highest BCUT2D eigenvalue weighted by atomic mass is 16.3. The molecule has 3 nitrogen and oxygen atoms in total. The molecule has 0 saturated heterocycles. The van der Waals surface area contributed by atoms with Gasteiger partial charge in [-0.1, -0.05) is 97.1 Å². The van der Waals surface area contributed by atoms with Crippen molar-refractivity contribution >= 4 is 55.6 Å². The molecule has 8 aromatic rings. The molecule has 0 aliphatic heterocycles. The van der Waals surface area contributed by atoms with E-state index in [-0.39, 0.29) is 0 Å². The number of nitrogens with zero attached hydrogens (tertiary/aromatic N) is 2. The summed E-state index contributed by atoms with van der Waals surface area (Å²) in [5, 5.41) is 3.62. The maximum Gasteiger partial charge on any atom is 0.213 e. The summed E-state index contributed by atoms with van der Waals surface area (Å²) in [6.07, 6.45) is 0. The monoisotopic (exact) mass is 500 g/mol. The Labute approximate surface area is 225 Å². The Morgan fingerprint density at radius 3 is 1.97 bits per heavy atom. The summed E-state index contributed by atoms with van der Waals surface area (Å²) in [7, 11) is 0. The minimum absolute atomic E-state index is 0.874.